The molecule has 0 spiro atoms. The summed E-state index contributed by atoms with van der Waals surface area (Å²) in [5.41, 5.74) is 8.59. The standard InChI is InChI=1S/C17H26BrNO/c1-3-15(19)11-13-10-14(18)9-12(2)17(13)20-16-7-5-4-6-8-16/h9-10,15-16H,3-8,11,19H2,1-2H3. The van der Waals surface area contributed by atoms with Crippen molar-refractivity contribution in [2.24, 2.45) is 5.73 Å². The van der Waals surface area contributed by atoms with Crippen LogP contribution in [-0.4, -0.2) is 12.1 Å². The van der Waals surface area contributed by atoms with Gasteiger partial charge in [-0.25, -0.2) is 0 Å². The molecule has 0 aromatic heterocycles. The number of hydrogen-bond donors (Lipinski definition) is 1. The third-order valence-corrected chi connectivity index (χ3v) is 4.62. The molecule has 0 bridgehead atoms. The Bertz CT molecular complexity index is 441. The van der Waals surface area contributed by atoms with E-state index in [0.717, 1.165) is 23.1 Å². The highest BCUT2D eigenvalue weighted by Gasteiger charge is 2.19. The zero-order valence-electron chi connectivity index (χ0n) is 12.6. The highest BCUT2D eigenvalue weighted by molar-refractivity contribution is 9.10. The number of benzene rings is 1. The molecule has 2 N–H and O–H groups in total. The number of hydrogen-bond acceptors (Lipinski definition) is 2. The summed E-state index contributed by atoms with van der Waals surface area (Å²) < 4.78 is 7.46. The van der Waals surface area contributed by atoms with Gasteiger partial charge in [0.15, 0.2) is 0 Å². The van der Waals surface area contributed by atoms with E-state index < -0.39 is 0 Å². The van der Waals surface area contributed by atoms with Gasteiger partial charge < -0.3 is 10.5 Å². The average Bonchev–Trinajstić information content (AvgIpc) is 2.43. The SMILES string of the molecule is CCC(N)Cc1cc(Br)cc(C)c1OC1CCCCC1. The van der Waals surface area contributed by atoms with Crippen LogP contribution >= 0.6 is 15.9 Å². The van der Waals surface area contributed by atoms with Crippen LogP contribution < -0.4 is 10.5 Å². The highest BCUT2D eigenvalue weighted by atomic mass is 79.9. The molecule has 1 aliphatic carbocycles. The van der Waals surface area contributed by atoms with Gasteiger partial charge in [-0.2, -0.15) is 0 Å². The van der Waals surface area contributed by atoms with Gasteiger partial charge >= 0.3 is 0 Å². The fraction of sp³-hybridized carbons (Fsp3) is 0.647. The van der Waals surface area contributed by atoms with Gasteiger partial charge in [0.2, 0.25) is 0 Å². The maximum Gasteiger partial charge on any atom is 0.125 e. The van der Waals surface area contributed by atoms with E-state index in [1.165, 1.54) is 43.2 Å². The Morgan fingerprint density at radius 3 is 2.65 bits per heavy atom. The zero-order chi connectivity index (χ0) is 14.5. The maximum absolute atomic E-state index is 6.34. The summed E-state index contributed by atoms with van der Waals surface area (Å²) in [4.78, 5) is 0. The van der Waals surface area contributed by atoms with Crippen LogP contribution in [0.1, 0.15) is 56.6 Å². The van der Waals surface area contributed by atoms with Crippen molar-refractivity contribution >= 4 is 15.9 Å². The first-order chi connectivity index (χ1) is 9.60. The predicted molar refractivity (Wildman–Crippen MR) is 88.4 cm³/mol. The van der Waals surface area contributed by atoms with Gasteiger partial charge in [-0.1, -0.05) is 29.3 Å². The van der Waals surface area contributed by atoms with Gasteiger partial charge in [0.1, 0.15) is 5.75 Å². The monoisotopic (exact) mass is 339 g/mol. The molecule has 1 aromatic carbocycles. The fourth-order valence-corrected chi connectivity index (χ4v) is 3.52. The summed E-state index contributed by atoms with van der Waals surface area (Å²) >= 11 is 3.59. The average molecular weight is 340 g/mol. The van der Waals surface area contributed by atoms with Gasteiger partial charge in [-0.3, -0.25) is 0 Å². The summed E-state index contributed by atoms with van der Waals surface area (Å²) in [6, 6.07) is 4.51. The van der Waals surface area contributed by atoms with E-state index in [-0.39, 0.29) is 6.04 Å². The van der Waals surface area contributed by atoms with E-state index in [0.29, 0.717) is 6.10 Å². The van der Waals surface area contributed by atoms with Gasteiger partial charge in [0.25, 0.3) is 0 Å². The van der Waals surface area contributed by atoms with Crippen molar-refractivity contribution in [3.05, 3.63) is 27.7 Å². The summed E-state index contributed by atoms with van der Waals surface area (Å²) in [7, 11) is 0. The first-order valence-electron chi connectivity index (χ1n) is 7.81. The molecule has 1 fully saturated rings. The van der Waals surface area contributed by atoms with E-state index in [4.69, 9.17) is 10.5 Å². The fourth-order valence-electron chi connectivity index (χ4n) is 2.90. The van der Waals surface area contributed by atoms with Crippen LogP contribution in [0.4, 0.5) is 0 Å². The number of halogens is 1. The number of nitrogens with two attached hydrogens (primary N) is 1. The molecule has 1 aromatic rings. The molecule has 1 unspecified atom stereocenters. The van der Waals surface area contributed by atoms with Gasteiger partial charge in [0, 0.05) is 10.5 Å². The summed E-state index contributed by atoms with van der Waals surface area (Å²) in [5, 5.41) is 0. The van der Waals surface area contributed by atoms with Crippen LogP contribution in [0.3, 0.4) is 0 Å². The normalized spacial score (nSPS) is 18.0. The van der Waals surface area contributed by atoms with Crippen molar-refractivity contribution in [3.8, 4) is 5.75 Å². The topological polar surface area (TPSA) is 35.2 Å². The maximum atomic E-state index is 6.34. The molecule has 1 saturated carbocycles. The molecule has 0 radical (unpaired) electrons. The molecule has 0 heterocycles. The lowest BCUT2D eigenvalue weighted by atomic mass is 9.97. The minimum Gasteiger partial charge on any atom is -0.490 e. The van der Waals surface area contributed by atoms with Crippen LogP contribution in [0.2, 0.25) is 0 Å². The van der Waals surface area contributed by atoms with Gasteiger partial charge in [-0.15, -0.1) is 0 Å². The quantitative estimate of drug-likeness (QED) is 0.840. The number of ether oxygens (including phenoxy) is 1. The molecule has 1 atom stereocenters. The van der Waals surface area contributed by atoms with Gasteiger partial charge in [0.05, 0.1) is 6.10 Å². The lowest BCUT2D eigenvalue weighted by Gasteiger charge is -2.26. The molecule has 0 aliphatic heterocycles. The third kappa shape index (κ3) is 4.23. The molecule has 0 amide bonds. The predicted octanol–water partition coefficient (Wildman–Crippen LogP) is 4.75. The Hall–Kier alpha value is -0.540. The van der Waals surface area contributed by atoms with Crippen molar-refractivity contribution in [1.82, 2.24) is 0 Å². The molecule has 3 heteroatoms. The first-order valence-corrected chi connectivity index (χ1v) is 8.60. The lowest BCUT2D eigenvalue weighted by molar-refractivity contribution is 0.152. The zero-order valence-corrected chi connectivity index (χ0v) is 14.2. The second kappa shape index (κ2) is 7.46. The van der Waals surface area contributed by atoms with Crippen molar-refractivity contribution < 1.29 is 4.74 Å². The van der Waals surface area contributed by atoms with Crippen molar-refractivity contribution in [2.45, 2.75) is 70.9 Å². The molecular formula is C17H26BrNO. The van der Waals surface area contributed by atoms with Crippen molar-refractivity contribution in [2.75, 3.05) is 0 Å². The molecule has 0 saturated heterocycles. The van der Waals surface area contributed by atoms with Crippen LogP contribution in [0.25, 0.3) is 0 Å². The Balaban J connectivity index is 2.19. The smallest absolute Gasteiger partial charge is 0.125 e. The lowest BCUT2D eigenvalue weighted by Crippen LogP contribution is -2.24. The van der Waals surface area contributed by atoms with Gasteiger partial charge in [-0.05, 0) is 68.7 Å². The molecule has 112 valence electrons. The van der Waals surface area contributed by atoms with E-state index in [1.54, 1.807) is 0 Å². The Morgan fingerprint density at radius 2 is 2.00 bits per heavy atom. The van der Waals surface area contributed by atoms with E-state index in [2.05, 4.69) is 41.9 Å². The molecule has 20 heavy (non-hydrogen) atoms. The Kier molecular flexibility index (Phi) is 5.91. The summed E-state index contributed by atoms with van der Waals surface area (Å²) in [5.74, 6) is 1.07. The van der Waals surface area contributed by atoms with Crippen LogP contribution in [0.5, 0.6) is 5.75 Å². The largest absolute Gasteiger partial charge is 0.490 e. The van der Waals surface area contributed by atoms with Crippen molar-refractivity contribution in [1.29, 1.82) is 0 Å². The van der Waals surface area contributed by atoms with E-state index in [1.807, 2.05) is 0 Å². The minimum atomic E-state index is 0.206. The van der Waals surface area contributed by atoms with E-state index in [9.17, 15) is 0 Å². The molecule has 2 rings (SSSR count). The van der Waals surface area contributed by atoms with Crippen LogP contribution in [0, 0.1) is 6.92 Å². The summed E-state index contributed by atoms with van der Waals surface area (Å²) in [6.45, 7) is 4.26. The Labute approximate surface area is 131 Å². The van der Waals surface area contributed by atoms with E-state index >= 15 is 0 Å². The Morgan fingerprint density at radius 1 is 1.30 bits per heavy atom. The first kappa shape index (κ1) is 15.8. The van der Waals surface area contributed by atoms with Crippen LogP contribution in [-0.2, 0) is 6.42 Å². The number of rotatable bonds is 5. The number of aryl methyl sites for hydroxylation is 1. The summed E-state index contributed by atoms with van der Waals surface area (Å²) in [6.07, 6.45) is 8.60. The molecular weight excluding hydrogens is 314 g/mol. The highest BCUT2D eigenvalue weighted by Crippen LogP contribution is 2.32. The third-order valence-electron chi connectivity index (χ3n) is 4.16. The van der Waals surface area contributed by atoms with Crippen LogP contribution in [0.15, 0.2) is 16.6 Å². The minimum absolute atomic E-state index is 0.206. The molecule has 2 nitrogen and oxygen atoms in total. The second-order valence-electron chi connectivity index (χ2n) is 5.96. The van der Waals surface area contributed by atoms with Crippen molar-refractivity contribution in [3.63, 3.8) is 0 Å². The molecule has 1 aliphatic rings. The second-order valence-corrected chi connectivity index (χ2v) is 6.88.